The highest BCUT2D eigenvalue weighted by Crippen LogP contribution is 2.16. The van der Waals surface area contributed by atoms with Gasteiger partial charge in [0.2, 0.25) is 0 Å². The van der Waals surface area contributed by atoms with Crippen LogP contribution in [-0.4, -0.2) is 34.3 Å². The van der Waals surface area contributed by atoms with Crippen molar-refractivity contribution in [3.05, 3.63) is 18.7 Å². The van der Waals surface area contributed by atoms with E-state index in [4.69, 9.17) is 4.74 Å². The summed E-state index contributed by atoms with van der Waals surface area (Å²) in [5.74, 6) is 0. The molecule has 0 bridgehead atoms. The third-order valence-electron chi connectivity index (χ3n) is 3.39. The van der Waals surface area contributed by atoms with Gasteiger partial charge in [-0.05, 0) is 26.2 Å². The standard InChI is InChI=1S/C13H23N3O/c1-3-13-8-12(4-7-17-13)15-11(2)9-16-6-5-14-10-16/h5-6,10-13,15H,3-4,7-9H2,1-2H3. The smallest absolute Gasteiger partial charge is 0.0946 e. The van der Waals surface area contributed by atoms with Crippen LogP contribution in [0.1, 0.15) is 33.1 Å². The first-order valence-corrected chi connectivity index (χ1v) is 6.61. The summed E-state index contributed by atoms with van der Waals surface area (Å²) in [6.45, 7) is 6.31. The van der Waals surface area contributed by atoms with Crippen molar-refractivity contribution in [2.45, 2.75) is 57.8 Å². The third-order valence-corrected chi connectivity index (χ3v) is 3.39. The number of nitrogens with one attached hydrogen (secondary N) is 1. The Labute approximate surface area is 103 Å². The second-order valence-electron chi connectivity index (χ2n) is 4.95. The Bertz CT molecular complexity index is 312. The number of aromatic nitrogens is 2. The Morgan fingerprint density at radius 2 is 2.47 bits per heavy atom. The monoisotopic (exact) mass is 237 g/mol. The van der Waals surface area contributed by atoms with Crippen LogP contribution in [0.25, 0.3) is 0 Å². The highest BCUT2D eigenvalue weighted by molar-refractivity contribution is 4.81. The lowest BCUT2D eigenvalue weighted by atomic mass is 10.0. The van der Waals surface area contributed by atoms with Crippen molar-refractivity contribution in [1.29, 1.82) is 0 Å². The van der Waals surface area contributed by atoms with Crippen LogP contribution in [0.4, 0.5) is 0 Å². The first kappa shape index (κ1) is 12.6. The normalized spacial score (nSPS) is 26.9. The maximum atomic E-state index is 5.69. The van der Waals surface area contributed by atoms with Crippen molar-refractivity contribution in [3.8, 4) is 0 Å². The van der Waals surface area contributed by atoms with Gasteiger partial charge in [-0.2, -0.15) is 0 Å². The van der Waals surface area contributed by atoms with Crippen LogP contribution < -0.4 is 5.32 Å². The minimum atomic E-state index is 0.446. The molecule has 1 aromatic rings. The van der Waals surface area contributed by atoms with E-state index < -0.39 is 0 Å². The Morgan fingerprint density at radius 1 is 1.59 bits per heavy atom. The van der Waals surface area contributed by atoms with Gasteiger partial charge in [-0.25, -0.2) is 4.98 Å². The molecule has 96 valence electrons. The molecule has 2 heterocycles. The van der Waals surface area contributed by atoms with E-state index in [-0.39, 0.29) is 0 Å². The van der Waals surface area contributed by atoms with Crippen LogP contribution in [0.2, 0.25) is 0 Å². The van der Waals surface area contributed by atoms with E-state index >= 15 is 0 Å². The number of hydrogen-bond acceptors (Lipinski definition) is 3. The molecule has 0 spiro atoms. The highest BCUT2D eigenvalue weighted by atomic mass is 16.5. The molecular weight excluding hydrogens is 214 g/mol. The molecule has 0 amide bonds. The summed E-state index contributed by atoms with van der Waals surface area (Å²) >= 11 is 0. The maximum Gasteiger partial charge on any atom is 0.0946 e. The maximum absolute atomic E-state index is 5.69. The van der Waals surface area contributed by atoms with E-state index in [1.54, 1.807) is 0 Å². The second kappa shape index (κ2) is 6.17. The molecular formula is C13H23N3O. The molecule has 17 heavy (non-hydrogen) atoms. The van der Waals surface area contributed by atoms with Gasteiger partial charge in [0.25, 0.3) is 0 Å². The van der Waals surface area contributed by atoms with Crippen molar-refractivity contribution in [1.82, 2.24) is 14.9 Å². The van der Waals surface area contributed by atoms with Crippen molar-refractivity contribution < 1.29 is 4.74 Å². The molecule has 1 aliphatic rings. The van der Waals surface area contributed by atoms with Crippen molar-refractivity contribution >= 4 is 0 Å². The van der Waals surface area contributed by atoms with Gasteiger partial charge in [0.15, 0.2) is 0 Å². The molecule has 0 aromatic carbocycles. The van der Waals surface area contributed by atoms with Gasteiger partial charge in [-0.1, -0.05) is 6.92 Å². The average molecular weight is 237 g/mol. The lowest BCUT2D eigenvalue weighted by molar-refractivity contribution is -0.00189. The Hall–Kier alpha value is -0.870. The molecule has 0 radical (unpaired) electrons. The SMILES string of the molecule is CCC1CC(NC(C)Cn2ccnc2)CCO1. The van der Waals surface area contributed by atoms with E-state index in [1.807, 2.05) is 18.7 Å². The Balaban J connectivity index is 1.76. The quantitative estimate of drug-likeness (QED) is 0.849. The summed E-state index contributed by atoms with van der Waals surface area (Å²) in [6.07, 6.45) is 9.55. The van der Waals surface area contributed by atoms with Crippen LogP contribution >= 0.6 is 0 Å². The second-order valence-corrected chi connectivity index (χ2v) is 4.95. The summed E-state index contributed by atoms with van der Waals surface area (Å²) in [6, 6.07) is 1.08. The van der Waals surface area contributed by atoms with Gasteiger partial charge < -0.3 is 14.6 Å². The molecule has 4 nitrogen and oxygen atoms in total. The number of ether oxygens (including phenoxy) is 1. The lowest BCUT2D eigenvalue weighted by Crippen LogP contribution is -2.44. The zero-order valence-electron chi connectivity index (χ0n) is 10.8. The van der Waals surface area contributed by atoms with Crippen LogP contribution in [-0.2, 0) is 11.3 Å². The first-order chi connectivity index (χ1) is 8.28. The van der Waals surface area contributed by atoms with E-state index in [0.717, 1.165) is 32.4 Å². The number of imidazole rings is 1. The van der Waals surface area contributed by atoms with Gasteiger partial charge in [-0.15, -0.1) is 0 Å². The summed E-state index contributed by atoms with van der Waals surface area (Å²) in [5, 5.41) is 3.69. The van der Waals surface area contributed by atoms with Crippen LogP contribution in [0.5, 0.6) is 0 Å². The Kier molecular flexibility index (Phi) is 4.57. The van der Waals surface area contributed by atoms with Gasteiger partial charge in [0.1, 0.15) is 0 Å². The first-order valence-electron chi connectivity index (χ1n) is 6.61. The topological polar surface area (TPSA) is 39.1 Å². The fraction of sp³-hybridized carbons (Fsp3) is 0.769. The van der Waals surface area contributed by atoms with E-state index in [0.29, 0.717) is 18.2 Å². The molecule has 1 aromatic heterocycles. The number of rotatable bonds is 5. The molecule has 1 saturated heterocycles. The van der Waals surface area contributed by atoms with Crippen LogP contribution in [0.3, 0.4) is 0 Å². The molecule has 0 aliphatic carbocycles. The summed E-state index contributed by atoms with van der Waals surface area (Å²) in [7, 11) is 0. The van der Waals surface area contributed by atoms with Crippen molar-refractivity contribution in [2.24, 2.45) is 0 Å². The minimum absolute atomic E-state index is 0.446. The minimum Gasteiger partial charge on any atom is -0.378 e. The summed E-state index contributed by atoms with van der Waals surface area (Å²) < 4.78 is 7.81. The largest absolute Gasteiger partial charge is 0.378 e. The van der Waals surface area contributed by atoms with Gasteiger partial charge in [0.05, 0.1) is 12.4 Å². The molecule has 3 atom stereocenters. The molecule has 2 rings (SSSR count). The van der Waals surface area contributed by atoms with E-state index in [1.165, 1.54) is 0 Å². The molecule has 1 aliphatic heterocycles. The number of nitrogens with zero attached hydrogens (tertiary/aromatic N) is 2. The van der Waals surface area contributed by atoms with Crippen LogP contribution in [0, 0.1) is 0 Å². The summed E-state index contributed by atoms with van der Waals surface area (Å²) in [5.41, 5.74) is 0. The average Bonchev–Trinajstić information content (AvgIpc) is 2.82. The fourth-order valence-electron chi connectivity index (χ4n) is 2.48. The van der Waals surface area contributed by atoms with Gasteiger partial charge in [-0.3, -0.25) is 0 Å². The zero-order chi connectivity index (χ0) is 12.1. The summed E-state index contributed by atoms with van der Waals surface area (Å²) in [4.78, 5) is 4.06. The molecule has 1 fully saturated rings. The molecule has 3 unspecified atom stereocenters. The zero-order valence-corrected chi connectivity index (χ0v) is 10.8. The molecule has 0 saturated carbocycles. The Morgan fingerprint density at radius 3 is 3.18 bits per heavy atom. The van der Waals surface area contributed by atoms with E-state index in [9.17, 15) is 0 Å². The van der Waals surface area contributed by atoms with Gasteiger partial charge in [0, 0.05) is 37.6 Å². The fourth-order valence-corrected chi connectivity index (χ4v) is 2.48. The predicted octanol–water partition coefficient (Wildman–Crippen LogP) is 1.82. The third kappa shape index (κ3) is 3.82. The van der Waals surface area contributed by atoms with Crippen molar-refractivity contribution in [3.63, 3.8) is 0 Å². The van der Waals surface area contributed by atoms with E-state index in [2.05, 4.69) is 28.7 Å². The molecule has 1 N–H and O–H groups in total. The van der Waals surface area contributed by atoms with Crippen molar-refractivity contribution in [2.75, 3.05) is 6.61 Å². The van der Waals surface area contributed by atoms with Crippen LogP contribution in [0.15, 0.2) is 18.7 Å². The lowest BCUT2D eigenvalue weighted by Gasteiger charge is -2.31. The number of hydrogen-bond donors (Lipinski definition) is 1. The predicted molar refractivity (Wildman–Crippen MR) is 67.9 cm³/mol. The van der Waals surface area contributed by atoms with Gasteiger partial charge >= 0.3 is 0 Å². The highest BCUT2D eigenvalue weighted by Gasteiger charge is 2.22. The molecule has 4 heteroatoms.